The molecule has 0 aliphatic heterocycles. The Kier molecular flexibility index (Phi) is 3.73. The van der Waals surface area contributed by atoms with Crippen LogP contribution in [0.4, 0.5) is 0 Å². The lowest BCUT2D eigenvalue weighted by molar-refractivity contribution is 0.0109. The molecule has 0 spiro atoms. The molecule has 0 aliphatic carbocycles. The van der Waals surface area contributed by atoms with Crippen LogP contribution in [0.2, 0.25) is 0 Å². The zero-order chi connectivity index (χ0) is 9.99. The summed E-state index contributed by atoms with van der Waals surface area (Å²) in [4.78, 5) is 2.24. The second kappa shape index (κ2) is 3.75. The van der Waals surface area contributed by atoms with Crippen LogP contribution >= 0.6 is 0 Å². The summed E-state index contributed by atoms with van der Waals surface area (Å²) in [5.41, 5.74) is 0.172. The number of hydrogen-bond donors (Lipinski definition) is 0. The third-order valence-electron chi connectivity index (χ3n) is 1.93. The standard InChI is InChI=1S/C10H22NO/c1-9(2,3)11(7-8-12)10(4,5)6/h7-8H2,1-6H3. The van der Waals surface area contributed by atoms with E-state index in [-0.39, 0.29) is 17.7 Å². The second-order valence-electron chi connectivity index (χ2n) is 5.20. The Morgan fingerprint density at radius 3 is 1.33 bits per heavy atom. The van der Waals surface area contributed by atoms with E-state index in [1.54, 1.807) is 0 Å². The molecular formula is C10H22NO. The van der Waals surface area contributed by atoms with Crippen molar-refractivity contribution in [2.75, 3.05) is 13.2 Å². The van der Waals surface area contributed by atoms with Crippen LogP contribution in [-0.2, 0) is 5.11 Å². The molecule has 0 aromatic rings. The molecule has 0 rings (SSSR count). The van der Waals surface area contributed by atoms with Crippen LogP contribution in [0.25, 0.3) is 0 Å². The highest BCUT2D eigenvalue weighted by Gasteiger charge is 2.30. The van der Waals surface area contributed by atoms with Gasteiger partial charge in [0.2, 0.25) is 0 Å². The zero-order valence-electron chi connectivity index (χ0n) is 9.27. The molecule has 0 N–H and O–H groups in total. The summed E-state index contributed by atoms with van der Waals surface area (Å²) in [6.45, 7) is 13.5. The maximum atomic E-state index is 10.6. The van der Waals surface area contributed by atoms with Crippen molar-refractivity contribution < 1.29 is 5.11 Å². The quantitative estimate of drug-likeness (QED) is 0.627. The lowest BCUT2D eigenvalue weighted by Crippen LogP contribution is -2.53. The summed E-state index contributed by atoms with van der Waals surface area (Å²) < 4.78 is 0. The topological polar surface area (TPSA) is 23.1 Å². The molecule has 2 nitrogen and oxygen atoms in total. The minimum atomic E-state index is -0.0193. The normalized spacial score (nSPS) is 14.0. The first-order chi connectivity index (χ1) is 5.19. The first kappa shape index (κ1) is 11.9. The largest absolute Gasteiger partial charge is 0.291 e. The summed E-state index contributed by atoms with van der Waals surface area (Å²) in [5, 5.41) is 10.6. The Bertz CT molecular complexity index is 116. The molecule has 0 heterocycles. The van der Waals surface area contributed by atoms with E-state index in [0.29, 0.717) is 6.54 Å². The van der Waals surface area contributed by atoms with Gasteiger partial charge in [0, 0.05) is 17.6 Å². The number of hydrogen-bond acceptors (Lipinski definition) is 1. The molecular weight excluding hydrogens is 150 g/mol. The molecule has 0 aromatic carbocycles. The van der Waals surface area contributed by atoms with E-state index in [2.05, 4.69) is 46.4 Å². The first-order valence-electron chi connectivity index (χ1n) is 4.55. The molecule has 0 aliphatic rings. The molecule has 0 bridgehead atoms. The summed E-state index contributed by atoms with van der Waals surface area (Å²) in [7, 11) is 0. The third kappa shape index (κ3) is 3.55. The summed E-state index contributed by atoms with van der Waals surface area (Å²) in [6, 6.07) is 0. The van der Waals surface area contributed by atoms with Gasteiger partial charge in [0.25, 0.3) is 0 Å². The van der Waals surface area contributed by atoms with Crippen molar-refractivity contribution in [1.82, 2.24) is 4.90 Å². The van der Waals surface area contributed by atoms with Crippen LogP contribution in [0.1, 0.15) is 41.5 Å². The van der Waals surface area contributed by atoms with Crippen LogP contribution in [0.5, 0.6) is 0 Å². The van der Waals surface area contributed by atoms with Gasteiger partial charge in [-0.05, 0) is 41.5 Å². The maximum Gasteiger partial charge on any atom is 0.0949 e. The van der Waals surface area contributed by atoms with E-state index in [1.807, 2.05) is 0 Å². The smallest absolute Gasteiger partial charge is 0.0949 e. The van der Waals surface area contributed by atoms with Gasteiger partial charge in [-0.2, -0.15) is 0 Å². The Balaban J connectivity index is 4.45. The molecule has 1 radical (unpaired) electrons. The van der Waals surface area contributed by atoms with E-state index in [1.165, 1.54) is 0 Å². The highest BCUT2D eigenvalue weighted by atomic mass is 16.3. The predicted octanol–water partition coefficient (Wildman–Crippen LogP) is 2.32. The van der Waals surface area contributed by atoms with Crippen molar-refractivity contribution in [1.29, 1.82) is 0 Å². The van der Waals surface area contributed by atoms with E-state index in [0.717, 1.165) is 0 Å². The van der Waals surface area contributed by atoms with Gasteiger partial charge in [-0.25, -0.2) is 5.11 Å². The third-order valence-corrected chi connectivity index (χ3v) is 1.93. The summed E-state index contributed by atoms with van der Waals surface area (Å²) >= 11 is 0. The Hall–Kier alpha value is -0.0800. The molecule has 12 heavy (non-hydrogen) atoms. The molecule has 0 saturated carbocycles. The van der Waals surface area contributed by atoms with E-state index < -0.39 is 0 Å². The van der Waals surface area contributed by atoms with Crippen LogP contribution in [0.15, 0.2) is 0 Å². The Morgan fingerprint density at radius 2 is 1.25 bits per heavy atom. The molecule has 0 saturated heterocycles. The molecule has 0 unspecified atom stereocenters. The summed E-state index contributed by atoms with van der Waals surface area (Å²) in [5.74, 6) is 0. The monoisotopic (exact) mass is 172 g/mol. The SMILES string of the molecule is CC(C)(C)N(CC[O])C(C)(C)C. The van der Waals surface area contributed by atoms with E-state index in [4.69, 9.17) is 0 Å². The fraction of sp³-hybridized carbons (Fsp3) is 1.00. The molecule has 0 aromatic heterocycles. The van der Waals surface area contributed by atoms with E-state index >= 15 is 0 Å². The van der Waals surface area contributed by atoms with Gasteiger partial charge < -0.3 is 0 Å². The van der Waals surface area contributed by atoms with Crippen molar-refractivity contribution in [3.8, 4) is 0 Å². The molecule has 73 valence electrons. The van der Waals surface area contributed by atoms with Crippen molar-refractivity contribution in [2.45, 2.75) is 52.6 Å². The zero-order valence-corrected chi connectivity index (χ0v) is 9.27. The van der Waals surface area contributed by atoms with Crippen LogP contribution < -0.4 is 0 Å². The molecule has 0 atom stereocenters. The molecule has 2 heteroatoms. The Labute approximate surface area is 76.6 Å². The van der Waals surface area contributed by atoms with Crippen LogP contribution in [0, 0.1) is 0 Å². The van der Waals surface area contributed by atoms with Crippen molar-refractivity contribution >= 4 is 0 Å². The predicted molar refractivity (Wildman–Crippen MR) is 51.8 cm³/mol. The average Bonchev–Trinajstić information content (AvgIpc) is 1.77. The second-order valence-corrected chi connectivity index (χ2v) is 5.20. The molecule has 0 amide bonds. The minimum absolute atomic E-state index is 0.0193. The van der Waals surface area contributed by atoms with Gasteiger partial charge in [0.15, 0.2) is 0 Å². The minimum Gasteiger partial charge on any atom is -0.291 e. The van der Waals surface area contributed by atoms with E-state index in [9.17, 15) is 5.11 Å². The molecule has 0 fully saturated rings. The van der Waals surface area contributed by atoms with Crippen LogP contribution in [-0.4, -0.2) is 29.1 Å². The van der Waals surface area contributed by atoms with Crippen LogP contribution in [0.3, 0.4) is 0 Å². The lowest BCUT2D eigenvalue weighted by Gasteiger charge is -2.44. The average molecular weight is 172 g/mol. The van der Waals surface area contributed by atoms with Gasteiger partial charge in [-0.3, -0.25) is 4.90 Å². The van der Waals surface area contributed by atoms with Gasteiger partial charge in [0.1, 0.15) is 0 Å². The Morgan fingerprint density at radius 1 is 0.917 bits per heavy atom. The summed E-state index contributed by atoms with van der Waals surface area (Å²) in [6.07, 6.45) is 0. The van der Waals surface area contributed by atoms with Crippen molar-refractivity contribution in [3.63, 3.8) is 0 Å². The van der Waals surface area contributed by atoms with Crippen molar-refractivity contribution in [2.24, 2.45) is 0 Å². The van der Waals surface area contributed by atoms with Gasteiger partial charge >= 0.3 is 0 Å². The number of nitrogens with zero attached hydrogens (tertiary/aromatic N) is 1. The van der Waals surface area contributed by atoms with Gasteiger partial charge in [-0.15, -0.1) is 0 Å². The van der Waals surface area contributed by atoms with Crippen molar-refractivity contribution in [3.05, 3.63) is 0 Å². The fourth-order valence-electron chi connectivity index (χ4n) is 1.77. The van der Waals surface area contributed by atoms with Gasteiger partial charge in [-0.1, -0.05) is 0 Å². The first-order valence-corrected chi connectivity index (χ1v) is 4.55. The number of rotatable bonds is 2. The highest BCUT2D eigenvalue weighted by molar-refractivity contribution is 4.86. The lowest BCUT2D eigenvalue weighted by atomic mass is 9.96. The fourth-order valence-corrected chi connectivity index (χ4v) is 1.77. The van der Waals surface area contributed by atoms with Gasteiger partial charge in [0.05, 0.1) is 6.61 Å². The maximum absolute atomic E-state index is 10.6. The highest BCUT2D eigenvalue weighted by Crippen LogP contribution is 2.23.